The zero-order valence-electron chi connectivity index (χ0n) is 14.4. The first-order chi connectivity index (χ1) is 8.58. The molecule has 0 bridgehead atoms. The third-order valence-corrected chi connectivity index (χ3v) is 5.01. The van der Waals surface area contributed by atoms with Gasteiger partial charge in [0.05, 0.1) is 0 Å². The van der Waals surface area contributed by atoms with Crippen molar-refractivity contribution < 1.29 is 0 Å². The normalized spacial score (nSPS) is 14.2. The number of nitrogens with two attached hydrogens (primary N) is 2. The lowest BCUT2D eigenvalue weighted by atomic mass is 9.56. The van der Waals surface area contributed by atoms with Gasteiger partial charge >= 0.3 is 0 Å². The first-order valence-electron chi connectivity index (χ1n) is 7.82. The second kappa shape index (κ2) is 7.05. The topological polar surface area (TPSA) is 64.1 Å². The Hall–Kier alpha value is -0.120. The molecule has 116 valence electrons. The van der Waals surface area contributed by atoms with Crippen LogP contribution in [0.1, 0.15) is 55.4 Å². The molecule has 19 heavy (non-hydrogen) atoms. The fourth-order valence-corrected chi connectivity index (χ4v) is 4.13. The average molecular weight is 271 g/mol. The molecule has 0 spiro atoms. The van der Waals surface area contributed by atoms with Crippen molar-refractivity contribution in [1.82, 2.24) is 5.32 Å². The van der Waals surface area contributed by atoms with Crippen molar-refractivity contribution in [2.24, 2.45) is 35.1 Å². The highest BCUT2D eigenvalue weighted by Gasteiger charge is 2.55. The molecule has 0 radical (unpaired) electrons. The van der Waals surface area contributed by atoms with E-state index in [1.54, 1.807) is 0 Å². The summed E-state index contributed by atoms with van der Waals surface area (Å²) in [6.07, 6.45) is 0. The average Bonchev–Trinajstić information content (AvgIpc) is 2.27. The monoisotopic (exact) mass is 271 g/mol. The van der Waals surface area contributed by atoms with Crippen molar-refractivity contribution in [1.29, 1.82) is 0 Å². The molecular weight excluding hydrogens is 234 g/mol. The summed E-state index contributed by atoms with van der Waals surface area (Å²) < 4.78 is 0. The Morgan fingerprint density at radius 2 is 1.16 bits per heavy atom. The molecule has 0 rings (SSSR count). The molecule has 0 fully saturated rings. The van der Waals surface area contributed by atoms with Gasteiger partial charge in [0, 0.05) is 24.2 Å². The molecular formula is C16H37N3. The lowest BCUT2D eigenvalue weighted by Crippen LogP contribution is -2.77. The predicted molar refractivity (Wildman–Crippen MR) is 86.1 cm³/mol. The second-order valence-corrected chi connectivity index (χ2v) is 7.14. The summed E-state index contributed by atoms with van der Waals surface area (Å²) >= 11 is 0. The van der Waals surface area contributed by atoms with Crippen molar-refractivity contribution in [3.8, 4) is 0 Å². The minimum absolute atomic E-state index is 0.102. The highest BCUT2D eigenvalue weighted by Crippen LogP contribution is 2.43. The Kier molecular flexibility index (Phi) is 7.01. The van der Waals surface area contributed by atoms with E-state index in [0.29, 0.717) is 30.2 Å². The fraction of sp³-hybridized carbons (Fsp3) is 1.00. The molecule has 0 amide bonds. The van der Waals surface area contributed by atoms with Crippen molar-refractivity contribution >= 4 is 0 Å². The molecule has 0 saturated heterocycles. The molecule has 0 aromatic rings. The van der Waals surface area contributed by atoms with E-state index in [-0.39, 0.29) is 11.1 Å². The van der Waals surface area contributed by atoms with Gasteiger partial charge in [-0.1, -0.05) is 55.4 Å². The largest absolute Gasteiger partial charge is 0.329 e. The summed E-state index contributed by atoms with van der Waals surface area (Å²) in [5.41, 5.74) is 12.4. The fourth-order valence-electron chi connectivity index (χ4n) is 4.13. The second-order valence-electron chi connectivity index (χ2n) is 7.14. The molecule has 3 heteroatoms. The van der Waals surface area contributed by atoms with Gasteiger partial charge in [-0.3, -0.25) is 0 Å². The molecule has 0 aliphatic carbocycles. The third-order valence-electron chi connectivity index (χ3n) is 5.01. The van der Waals surface area contributed by atoms with Gasteiger partial charge in [0.1, 0.15) is 0 Å². The van der Waals surface area contributed by atoms with Crippen LogP contribution in [0.25, 0.3) is 0 Å². The zero-order valence-corrected chi connectivity index (χ0v) is 14.4. The van der Waals surface area contributed by atoms with Crippen LogP contribution in [-0.2, 0) is 0 Å². The zero-order chi connectivity index (χ0) is 15.4. The first kappa shape index (κ1) is 18.9. The van der Waals surface area contributed by atoms with E-state index >= 15 is 0 Å². The summed E-state index contributed by atoms with van der Waals surface area (Å²) in [6.45, 7) is 19.5. The molecule has 0 saturated carbocycles. The summed E-state index contributed by atoms with van der Waals surface area (Å²) in [5, 5.41) is 3.74. The van der Waals surface area contributed by atoms with Gasteiger partial charge in [0.15, 0.2) is 0 Å². The Morgan fingerprint density at radius 3 is 1.37 bits per heavy atom. The van der Waals surface area contributed by atoms with Gasteiger partial charge in [0.2, 0.25) is 0 Å². The maximum atomic E-state index is 7.00. The number of hydrogen-bond donors (Lipinski definition) is 3. The Labute approximate surface area is 120 Å². The van der Waals surface area contributed by atoms with Crippen molar-refractivity contribution in [3.05, 3.63) is 0 Å². The molecule has 0 aromatic heterocycles. The highest BCUT2D eigenvalue weighted by molar-refractivity contribution is 5.15. The SMILES string of the molecule is CC(C)C(N)(C(C)C)C(NCCN)(C(C)C)C(C)C. The van der Waals surface area contributed by atoms with Gasteiger partial charge in [0.25, 0.3) is 0 Å². The molecule has 0 heterocycles. The molecule has 0 aromatic carbocycles. The van der Waals surface area contributed by atoms with E-state index in [0.717, 1.165) is 6.54 Å². The van der Waals surface area contributed by atoms with E-state index in [4.69, 9.17) is 11.5 Å². The Bertz CT molecular complexity index is 241. The maximum Gasteiger partial charge on any atom is 0.0413 e. The first-order valence-corrected chi connectivity index (χ1v) is 7.82. The van der Waals surface area contributed by atoms with E-state index in [9.17, 15) is 0 Å². The Balaban J connectivity index is 5.90. The van der Waals surface area contributed by atoms with Crippen LogP contribution in [0.15, 0.2) is 0 Å². The minimum Gasteiger partial charge on any atom is -0.329 e. The Morgan fingerprint density at radius 1 is 0.789 bits per heavy atom. The van der Waals surface area contributed by atoms with Crippen molar-refractivity contribution in [2.75, 3.05) is 13.1 Å². The van der Waals surface area contributed by atoms with E-state index in [1.807, 2.05) is 0 Å². The third kappa shape index (κ3) is 3.14. The van der Waals surface area contributed by atoms with Gasteiger partial charge in [-0.05, 0) is 23.7 Å². The van der Waals surface area contributed by atoms with Gasteiger partial charge in [-0.15, -0.1) is 0 Å². The van der Waals surface area contributed by atoms with E-state index in [2.05, 4.69) is 60.7 Å². The maximum absolute atomic E-state index is 7.00. The van der Waals surface area contributed by atoms with Crippen LogP contribution in [0, 0.1) is 23.7 Å². The molecule has 5 N–H and O–H groups in total. The summed E-state index contributed by atoms with van der Waals surface area (Å²) in [5.74, 6) is 1.72. The van der Waals surface area contributed by atoms with Crippen molar-refractivity contribution in [2.45, 2.75) is 66.5 Å². The quantitative estimate of drug-likeness (QED) is 0.636. The number of rotatable bonds is 8. The predicted octanol–water partition coefficient (Wildman–Crippen LogP) is 2.60. The van der Waals surface area contributed by atoms with Crippen LogP contribution >= 0.6 is 0 Å². The summed E-state index contributed by atoms with van der Waals surface area (Å²) in [6, 6.07) is 0. The van der Waals surface area contributed by atoms with Gasteiger partial charge in [-0.25, -0.2) is 0 Å². The van der Waals surface area contributed by atoms with Crippen LogP contribution < -0.4 is 16.8 Å². The number of hydrogen-bond acceptors (Lipinski definition) is 3. The van der Waals surface area contributed by atoms with Crippen molar-refractivity contribution in [3.63, 3.8) is 0 Å². The van der Waals surface area contributed by atoms with Crippen LogP contribution in [0.4, 0.5) is 0 Å². The minimum atomic E-state index is -0.259. The molecule has 0 aliphatic rings. The van der Waals surface area contributed by atoms with E-state index < -0.39 is 0 Å². The van der Waals surface area contributed by atoms with Gasteiger partial charge in [-0.2, -0.15) is 0 Å². The lowest BCUT2D eigenvalue weighted by molar-refractivity contribution is 0.000129. The van der Waals surface area contributed by atoms with Crippen LogP contribution in [-0.4, -0.2) is 24.2 Å². The number of nitrogens with one attached hydrogen (secondary N) is 1. The van der Waals surface area contributed by atoms with E-state index in [1.165, 1.54) is 0 Å². The van der Waals surface area contributed by atoms with Crippen LogP contribution in [0.5, 0.6) is 0 Å². The summed E-state index contributed by atoms with van der Waals surface area (Å²) in [7, 11) is 0. The molecule has 0 atom stereocenters. The summed E-state index contributed by atoms with van der Waals surface area (Å²) in [4.78, 5) is 0. The molecule has 3 nitrogen and oxygen atoms in total. The highest BCUT2D eigenvalue weighted by atomic mass is 15.1. The smallest absolute Gasteiger partial charge is 0.0413 e. The molecule has 0 unspecified atom stereocenters. The lowest BCUT2D eigenvalue weighted by Gasteiger charge is -2.59. The molecule has 0 aliphatic heterocycles. The standard InChI is InChI=1S/C16H37N3/c1-11(2)15(18,12(3)4)16(13(5)6,14(7)8)19-10-9-17/h11-14,19H,9-10,17-18H2,1-8H3. The van der Waals surface area contributed by atoms with Gasteiger partial charge < -0.3 is 16.8 Å². The van der Waals surface area contributed by atoms with Crippen LogP contribution in [0.3, 0.4) is 0 Å². The van der Waals surface area contributed by atoms with Crippen LogP contribution in [0.2, 0.25) is 0 Å².